The summed E-state index contributed by atoms with van der Waals surface area (Å²) in [6.07, 6.45) is 16.2. The Morgan fingerprint density at radius 3 is 2.29 bits per heavy atom. The van der Waals surface area contributed by atoms with E-state index in [1.54, 1.807) is 16.2 Å². The molecule has 2 aliphatic heterocycles. The van der Waals surface area contributed by atoms with Crippen molar-refractivity contribution in [2.24, 2.45) is 0 Å². The Morgan fingerprint density at radius 2 is 1.60 bits per heavy atom. The number of rotatable bonds is 20. The molecule has 0 N–H and O–H groups in total. The van der Waals surface area contributed by atoms with Crippen molar-refractivity contribution >= 4 is 23.2 Å². The third kappa shape index (κ3) is 10.9. The molecule has 2 aliphatic rings. The number of carbonyl (C=O) groups is 2. The van der Waals surface area contributed by atoms with Crippen LogP contribution in [0.5, 0.6) is 11.5 Å². The Labute approximate surface area is 256 Å². The van der Waals surface area contributed by atoms with Crippen molar-refractivity contribution in [1.29, 1.82) is 0 Å². The molecule has 3 heterocycles. The molecule has 0 bridgehead atoms. The first-order valence-electron chi connectivity index (χ1n) is 16.2. The minimum absolute atomic E-state index is 0.0127. The van der Waals surface area contributed by atoms with Crippen molar-refractivity contribution in [3.63, 3.8) is 0 Å². The summed E-state index contributed by atoms with van der Waals surface area (Å²) in [6, 6.07) is 9.87. The van der Waals surface area contributed by atoms with Crippen LogP contribution in [-0.4, -0.2) is 54.2 Å². The maximum Gasteiger partial charge on any atom is 0.242 e. The summed E-state index contributed by atoms with van der Waals surface area (Å²) in [5, 5.41) is 2.03. The summed E-state index contributed by atoms with van der Waals surface area (Å²) >= 11 is 1.64. The monoisotopic (exact) mass is 598 g/mol. The van der Waals surface area contributed by atoms with E-state index in [-0.39, 0.29) is 31.3 Å². The first-order valence-corrected chi connectivity index (χ1v) is 17.1. The number of amides is 2. The van der Waals surface area contributed by atoms with Gasteiger partial charge in [-0.1, -0.05) is 83.3 Å². The molecule has 1 saturated heterocycles. The molecule has 7 nitrogen and oxygen atoms in total. The molecule has 2 aromatic rings. The van der Waals surface area contributed by atoms with Crippen molar-refractivity contribution in [2.45, 2.75) is 116 Å². The average Bonchev–Trinajstić information content (AvgIpc) is 3.79. The molecular weight excluding hydrogens is 548 g/mol. The zero-order chi connectivity index (χ0) is 29.4. The highest BCUT2D eigenvalue weighted by molar-refractivity contribution is 7.09. The lowest BCUT2D eigenvalue weighted by molar-refractivity contribution is -0.142. The lowest BCUT2D eigenvalue weighted by Crippen LogP contribution is -2.45. The van der Waals surface area contributed by atoms with E-state index in [1.165, 1.54) is 57.8 Å². The van der Waals surface area contributed by atoms with E-state index in [1.807, 2.05) is 40.6 Å². The second-order valence-electron chi connectivity index (χ2n) is 11.7. The van der Waals surface area contributed by atoms with Crippen molar-refractivity contribution in [3.05, 3.63) is 46.2 Å². The van der Waals surface area contributed by atoms with E-state index in [4.69, 9.17) is 14.2 Å². The SMILES string of the molecule is CCCCCCCCCCCCCC(=O)N(CC(=O)N(Cc1ccc2c(c1)OCO2)Cc1cccs1)C[C@H]1CCCO1. The van der Waals surface area contributed by atoms with Crippen LogP contribution < -0.4 is 9.47 Å². The summed E-state index contributed by atoms with van der Waals surface area (Å²) in [5.74, 6) is 1.45. The molecular formula is C34H50N2O5S. The molecule has 232 valence electrons. The molecule has 0 unspecified atom stereocenters. The van der Waals surface area contributed by atoms with E-state index in [9.17, 15) is 9.59 Å². The predicted octanol–water partition coefficient (Wildman–Crippen LogP) is 7.71. The Hall–Kier alpha value is -2.58. The van der Waals surface area contributed by atoms with Gasteiger partial charge in [-0.15, -0.1) is 11.3 Å². The second kappa shape index (κ2) is 18.2. The van der Waals surface area contributed by atoms with Crippen LogP contribution in [0.15, 0.2) is 35.7 Å². The van der Waals surface area contributed by atoms with Crippen LogP contribution in [0.3, 0.4) is 0 Å². The molecule has 1 aromatic carbocycles. The van der Waals surface area contributed by atoms with E-state index in [2.05, 4.69) is 6.92 Å². The maximum absolute atomic E-state index is 13.8. The lowest BCUT2D eigenvalue weighted by Gasteiger charge is -2.29. The van der Waals surface area contributed by atoms with Crippen molar-refractivity contribution < 1.29 is 23.8 Å². The highest BCUT2D eigenvalue weighted by atomic mass is 32.1. The van der Waals surface area contributed by atoms with E-state index in [0.717, 1.165) is 48.5 Å². The highest BCUT2D eigenvalue weighted by Crippen LogP contribution is 2.33. The number of ether oxygens (including phenoxy) is 3. The fourth-order valence-electron chi connectivity index (χ4n) is 5.73. The Kier molecular flexibility index (Phi) is 14.0. The molecule has 0 saturated carbocycles. The third-order valence-electron chi connectivity index (χ3n) is 8.21. The van der Waals surface area contributed by atoms with Gasteiger partial charge >= 0.3 is 0 Å². The molecule has 0 radical (unpaired) electrons. The van der Waals surface area contributed by atoms with Gasteiger partial charge in [0.15, 0.2) is 11.5 Å². The minimum Gasteiger partial charge on any atom is -0.454 e. The van der Waals surface area contributed by atoms with Gasteiger partial charge in [0.25, 0.3) is 0 Å². The van der Waals surface area contributed by atoms with E-state index >= 15 is 0 Å². The van der Waals surface area contributed by atoms with Crippen molar-refractivity contribution in [1.82, 2.24) is 9.80 Å². The smallest absolute Gasteiger partial charge is 0.242 e. The van der Waals surface area contributed by atoms with Crippen LogP contribution in [0.25, 0.3) is 0 Å². The second-order valence-corrected chi connectivity index (χ2v) is 12.7. The summed E-state index contributed by atoms with van der Waals surface area (Å²) in [5.41, 5.74) is 0.974. The zero-order valence-electron chi connectivity index (χ0n) is 25.5. The molecule has 0 aliphatic carbocycles. The number of thiophene rings is 1. The van der Waals surface area contributed by atoms with Crippen LogP contribution >= 0.6 is 11.3 Å². The Bertz CT molecular complexity index is 1070. The predicted molar refractivity (Wildman–Crippen MR) is 168 cm³/mol. The standard InChI is InChI=1S/C34H50N2O5S/c1-2-3-4-5-6-7-8-9-10-11-12-17-33(37)36(24-29-15-13-20-39-29)26-34(38)35(25-30-16-14-21-42-30)23-28-18-19-31-32(22-28)41-27-40-31/h14,16,18-19,21-22,29H,2-13,15,17,20,23-27H2,1H3/t29-/m1/s1. The van der Waals surface area contributed by atoms with Gasteiger partial charge in [-0.05, 0) is 48.4 Å². The van der Waals surface area contributed by atoms with Crippen LogP contribution in [0.1, 0.15) is 107 Å². The van der Waals surface area contributed by atoms with Crippen molar-refractivity contribution in [3.8, 4) is 11.5 Å². The summed E-state index contributed by atoms with van der Waals surface area (Å²) < 4.78 is 16.9. The number of carbonyl (C=O) groups excluding carboxylic acids is 2. The van der Waals surface area contributed by atoms with E-state index < -0.39 is 0 Å². The van der Waals surface area contributed by atoms with Gasteiger partial charge in [0.1, 0.15) is 0 Å². The molecule has 1 fully saturated rings. The largest absolute Gasteiger partial charge is 0.454 e. The van der Waals surface area contributed by atoms with Gasteiger partial charge in [0, 0.05) is 31.0 Å². The Balaban J connectivity index is 1.29. The van der Waals surface area contributed by atoms with Crippen molar-refractivity contribution in [2.75, 3.05) is 26.5 Å². The van der Waals surface area contributed by atoms with Crippen LogP contribution in [-0.2, 0) is 27.4 Å². The normalized spacial score (nSPS) is 15.7. The summed E-state index contributed by atoms with van der Waals surface area (Å²) in [7, 11) is 0. The molecule has 42 heavy (non-hydrogen) atoms. The van der Waals surface area contributed by atoms with Gasteiger partial charge in [0.05, 0.1) is 19.2 Å². The average molecular weight is 599 g/mol. The maximum atomic E-state index is 13.8. The molecule has 8 heteroatoms. The molecule has 1 aromatic heterocycles. The van der Waals surface area contributed by atoms with Gasteiger partial charge < -0.3 is 24.0 Å². The van der Waals surface area contributed by atoms with Gasteiger partial charge in [-0.2, -0.15) is 0 Å². The first-order chi connectivity index (χ1) is 20.6. The topological polar surface area (TPSA) is 68.3 Å². The van der Waals surface area contributed by atoms with Crippen LogP contribution in [0.2, 0.25) is 0 Å². The lowest BCUT2D eigenvalue weighted by atomic mass is 10.0. The van der Waals surface area contributed by atoms with Crippen LogP contribution in [0.4, 0.5) is 0 Å². The third-order valence-corrected chi connectivity index (χ3v) is 9.07. The molecule has 1 atom stereocenters. The number of hydrogen-bond donors (Lipinski definition) is 0. The molecule has 0 spiro atoms. The highest BCUT2D eigenvalue weighted by Gasteiger charge is 2.27. The zero-order valence-corrected chi connectivity index (χ0v) is 26.3. The van der Waals surface area contributed by atoms with Crippen LogP contribution in [0, 0.1) is 0 Å². The fourth-order valence-corrected chi connectivity index (χ4v) is 6.45. The van der Waals surface area contributed by atoms with Gasteiger partial charge in [-0.3, -0.25) is 9.59 Å². The molecule has 2 amide bonds. The van der Waals surface area contributed by atoms with E-state index in [0.29, 0.717) is 31.8 Å². The quantitative estimate of drug-likeness (QED) is 0.146. The molecule has 4 rings (SSSR count). The minimum atomic E-state index is -0.0497. The number of fused-ring (bicyclic) bond motifs is 1. The Morgan fingerprint density at radius 1 is 0.857 bits per heavy atom. The number of unbranched alkanes of at least 4 members (excludes halogenated alkanes) is 10. The fraction of sp³-hybridized carbons (Fsp3) is 0.647. The van der Waals surface area contributed by atoms with Gasteiger partial charge in [0.2, 0.25) is 18.6 Å². The number of benzene rings is 1. The van der Waals surface area contributed by atoms with Gasteiger partial charge in [-0.25, -0.2) is 0 Å². The summed E-state index contributed by atoms with van der Waals surface area (Å²) in [6.45, 7) is 4.71. The first kappa shape index (κ1) is 32.3. The number of hydrogen-bond acceptors (Lipinski definition) is 6. The number of nitrogens with zero attached hydrogens (tertiary/aromatic N) is 2. The summed E-state index contributed by atoms with van der Waals surface area (Å²) in [4.78, 5) is 31.9.